The zero-order valence-electron chi connectivity index (χ0n) is 15.4. The zero-order valence-corrected chi connectivity index (χ0v) is 16.2. The van der Waals surface area contributed by atoms with Gasteiger partial charge in [-0.2, -0.15) is 13.1 Å². The van der Waals surface area contributed by atoms with Crippen molar-refractivity contribution in [2.24, 2.45) is 14.6 Å². The molecule has 9 nitrogen and oxygen atoms in total. The minimum absolute atomic E-state index is 0.106. The molecular formula is C15H18F3N5O4S. The minimum Gasteiger partial charge on any atom is -0.492 e. The Morgan fingerprint density at radius 2 is 1.96 bits per heavy atom. The summed E-state index contributed by atoms with van der Waals surface area (Å²) in [5.41, 5.74) is -0.0362. The molecule has 1 heterocycles. The van der Waals surface area contributed by atoms with Gasteiger partial charge in [0.2, 0.25) is 5.82 Å². The summed E-state index contributed by atoms with van der Waals surface area (Å²) in [6.45, 7) is 3.69. The zero-order chi connectivity index (χ0) is 20.9. The Balaban J connectivity index is 2.68. The number of hydrogen-bond acceptors (Lipinski definition) is 9. The summed E-state index contributed by atoms with van der Waals surface area (Å²) in [6.07, 6.45) is 0. The van der Waals surface area contributed by atoms with E-state index >= 15 is 0 Å². The Hall–Kier alpha value is -2.67. The number of aryl methyl sites for hydroxylation is 1. The first-order valence-electron chi connectivity index (χ1n) is 7.87. The molecule has 28 heavy (non-hydrogen) atoms. The van der Waals surface area contributed by atoms with E-state index in [0.717, 1.165) is 0 Å². The molecule has 0 aliphatic rings. The number of nitrogens with zero attached hydrogens (tertiary/aromatic N) is 5. The molecule has 0 fully saturated rings. The van der Waals surface area contributed by atoms with E-state index in [2.05, 4.69) is 24.1 Å². The standard InChI is InChI=1S/C15H18F3N5O4S/c1-5-25-13-8-10(19-20-14-6-9(2)26-21-14)11(7-12(13)23(3)4)22-28(24,27-18)15(16)17/h6-8,15H,5H2,1-4H3. The van der Waals surface area contributed by atoms with Crippen LogP contribution in [0.15, 0.2) is 37.3 Å². The SMILES string of the molecule is CCOc1cc(N=Nc2cc(C)on2)c(N=S(=O)(OF)C(F)F)cc1N(C)C. The van der Waals surface area contributed by atoms with Crippen LogP contribution in [0.25, 0.3) is 0 Å². The second-order valence-corrected chi connectivity index (χ2v) is 7.26. The fourth-order valence-electron chi connectivity index (χ4n) is 2.04. The molecule has 13 heteroatoms. The lowest BCUT2D eigenvalue weighted by Gasteiger charge is -2.18. The van der Waals surface area contributed by atoms with Crippen LogP contribution < -0.4 is 9.64 Å². The average molecular weight is 421 g/mol. The number of ether oxygens (including phenoxy) is 1. The highest BCUT2D eigenvalue weighted by Gasteiger charge is 2.26. The third-order valence-corrected chi connectivity index (χ3v) is 4.34. The van der Waals surface area contributed by atoms with Gasteiger partial charge in [0.25, 0.3) is 10.0 Å². The van der Waals surface area contributed by atoms with Gasteiger partial charge in [-0.15, -0.1) is 10.2 Å². The quantitative estimate of drug-likeness (QED) is 0.556. The van der Waals surface area contributed by atoms with Crippen LogP contribution in [-0.2, 0) is 14.4 Å². The van der Waals surface area contributed by atoms with Crippen molar-refractivity contribution < 1.29 is 31.2 Å². The van der Waals surface area contributed by atoms with E-state index in [1.165, 1.54) is 18.2 Å². The van der Waals surface area contributed by atoms with Crippen molar-refractivity contribution in [3.8, 4) is 5.75 Å². The molecule has 1 atom stereocenters. The smallest absolute Gasteiger partial charge is 0.345 e. The number of halogens is 3. The summed E-state index contributed by atoms with van der Waals surface area (Å²) in [4.78, 5) is 1.60. The van der Waals surface area contributed by atoms with Crippen molar-refractivity contribution in [1.82, 2.24) is 5.16 Å². The molecular weight excluding hydrogens is 403 g/mol. The van der Waals surface area contributed by atoms with Gasteiger partial charge < -0.3 is 14.2 Å². The summed E-state index contributed by atoms with van der Waals surface area (Å²) < 4.78 is 67.0. The lowest BCUT2D eigenvalue weighted by molar-refractivity contribution is -0.000950. The van der Waals surface area contributed by atoms with Gasteiger partial charge in [0.1, 0.15) is 22.9 Å². The van der Waals surface area contributed by atoms with Crippen LogP contribution in [0, 0.1) is 6.92 Å². The summed E-state index contributed by atoms with van der Waals surface area (Å²) in [5, 5.41) is 11.3. The van der Waals surface area contributed by atoms with Gasteiger partial charge >= 0.3 is 5.76 Å². The molecule has 1 aromatic heterocycles. The number of alkyl halides is 2. The molecule has 0 radical (unpaired) electrons. The van der Waals surface area contributed by atoms with E-state index in [4.69, 9.17) is 9.26 Å². The van der Waals surface area contributed by atoms with Crippen molar-refractivity contribution in [3.63, 3.8) is 0 Å². The summed E-state index contributed by atoms with van der Waals surface area (Å²) in [6, 6.07) is 4.08. The molecule has 0 saturated heterocycles. The van der Waals surface area contributed by atoms with Gasteiger partial charge in [-0.25, -0.2) is 4.21 Å². The molecule has 154 valence electrons. The first-order valence-corrected chi connectivity index (χ1v) is 9.38. The predicted octanol–water partition coefficient (Wildman–Crippen LogP) is 5.00. The topological polar surface area (TPSA) is 102 Å². The Morgan fingerprint density at radius 1 is 1.25 bits per heavy atom. The molecule has 0 bridgehead atoms. The lowest BCUT2D eigenvalue weighted by Crippen LogP contribution is -2.12. The van der Waals surface area contributed by atoms with E-state index in [-0.39, 0.29) is 17.2 Å². The molecule has 1 unspecified atom stereocenters. The van der Waals surface area contributed by atoms with Crippen molar-refractivity contribution >= 4 is 32.9 Å². The normalized spacial score (nSPS) is 13.7. The Kier molecular flexibility index (Phi) is 6.96. The van der Waals surface area contributed by atoms with Crippen LogP contribution >= 0.6 is 0 Å². The maximum Gasteiger partial charge on any atom is 0.345 e. The first kappa shape index (κ1) is 21.6. The van der Waals surface area contributed by atoms with Crippen molar-refractivity contribution in [2.75, 3.05) is 25.6 Å². The van der Waals surface area contributed by atoms with Crippen LogP contribution in [-0.4, -0.2) is 35.8 Å². The molecule has 0 aliphatic carbocycles. The van der Waals surface area contributed by atoms with Gasteiger partial charge in [0, 0.05) is 26.2 Å². The van der Waals surface area contributed by atoms with E-state index in [0.29, 0.717) is 23.8 Å². The molecule has 0 spiro atoms. The minimum atomic E-state index is -4.94. The highest BCUT2D eigenvalue weighted by molar-refractivity contribution is 7.89. The van der Waals surface area contributed by atoms with Crippen LogP contribution in [0.4, 0.5) is 36.2 Å². The average Bonchev–Trinajstić information content (AvgIpc) is 3.06. The fraction of sp³-hybridized carbons (Fsp3) is 0.400. The fourth-order valence-corrected chi connectivity index (χ4v) is 2.63. The van der Waals surface area contributed by atoms with Crippen molar-refractivity contribution in [3.05, 3.63) is 24.0 Å². The lowest BCUT2D eigenvalue weighted by atomic mass is 10.2. The van der Waals surface area contributed by atoms with Gasteiger partial charge in [-0.3, -0.25) is 0 Å². The van der Waals surface area contributed by atoms with E-state index < -0.39 is 15.8 Å². The molecule has 2 rings (SSSR count). The third-order valence-electron chi connectivity index (χ3n) is 3.25. The molecule has 2 aromatic rings. The molecule has 0 amide bonds. The van der Waals surface area contributed by atoms with Crippen LogP contribution in [0.1, 0.15) is 12.7 Å². The maximum atomic E-state index is 13.0. The Labute approximate surface area is 159 Å². The van der Waals surface area contributed by atoms with E-state index in [1.54, 1.807) is 32.8 Å². The van der Waals surface area contributed by atoms with Crippen molar-refractivity contribution in [1.29, 1.82) is 0 Å². The largest absolute Gasteiger partial charge is 0.492 e. The van der Waals surface area contributed by atoms with E-state index in [9.17, 15) is 17.5 Å². The Bertz CT molecular complexity index is 971. The maximum absolute atomic E-state index is 13.0. The first-order chi connectivity index (χ1) is 13.2. The van der Waals surface area contributed by atoms with Crippen LogP contribution in [0.3, 0.4) is 0 Å². The number of azo groups is 1. The predicted molar refractivity (Wildman–Crippen MR) is 95.8 cm³/mol. The highest BCUT2D eigenvalue weighted by atomic mass is 32.2. The molecule has 0 saturated carbocycles. The number of rotatable bonds is 8. The molecule has 1 aromatic carbocycles. The van der Waals surface area contributed by atoms with Gasteiger partial charge in [-0.05, 0) is 24.4 Å². The Morgan fingerprint density at radius 3 is 2.46 bits per heavy atom. The van der Waals surface area contributed by atoms with Gasteiger partial charge in [0.15, 0.2) is 0 Å². The third kappa shape index (κ3) is 4.98. The summed E-state index contributed by atoms with van der Waals surface area (Å²) >= 11 is 0. The number of benzene rings is 1. The van der Waals surface area contributed by atoms with Crippen molar-refractivity contribution in [2.45, 2.75) is 19.6 Å². The number of aromatic nitrogens is 1. The van der Waals surface area contributed by atoms with Crippen LogP contribution in [0.5, 0.6) is 5.75 Å². The van der Waals surface area contributed by atoms with Gasteiger partial charge in [0.05, 0.1) is 12.3 Å². The number of hydrogen-bond donors (Lipinski definition) is 0. The molecule has 0 aliphatic heterocycles. The van der Waals surface area contributed by atoms with Gasteiger partial charge in [-0.1, -0.05) is 9.54 Å². The second-order valence-electron chi connectivity index (χ2n) is 5.56. The summed E-state index contributed by atoms with van der Waals surface area (Å²) in [5.74, 6) is -2.77. The summed E-state index contributed by atoms with van der Waals surface area (Å²) in [7, 11) is -1.61. The van der Waals surface area contributed by atoms with E-state index in [1.807, 2.05) is 0 Å². The van der Waals surface area contributed by atoms with Crippen LogP contribution in [0.2, 0.25) is 0 Å². The second kappa shape index (κ2) is 9.01. The monoisotopic (exact) mass is 421 g/mol. The molecule has 0 N–H and O–H groups in total. The highest BCUT2D eigenvalue weighted by Crippen LogP contribution is 2.41. The number of anilines is 1.